The molecule has 0 rings (SSSR count). The molecule has 0 saturated carbocycles. The van der Waals surface area contributed by atoms with E-state index < -0.39 is 12.1 Å². The molecule has 0 aliphatic rings. The number of carboxylic acids is 1. The minimum atomic E-state index is -1.75. The number of halogens is 1. The Morgan fingerprint density at radius 3 is 2.53 bits per heavy atom. The zero-order valence-corrected chi connectivity index (χ0v) is 9.42. The maximum atomic E-state index is 12.6. The first kappa shape index (κ1) is 14.1. The van der Waals surface area contributed by atoms with Gasteiger partial charge in [0.25, 0.3) is 0 Å². The first-order valence-corrected chi connectivity index (χ1v) is 5.70. The lowest BCUT2D eigenvalue weighted by Gasteiger charge is -1.97. The number of rotatable bonds is 9. The van der Waals surface area contributed by atoms with Gasteiger partial charge in [0.1, 0.15) is 0 Å². The quantitative estimate of drug-likeness (QED) is 0.471. The summed E-state index contributed by atoms with van der Waals surface area (Å²) in [5.41, 5.74) is 0. The van der Waals surface area contributed by atoms with Crippen molar-refractivity contribution in [3.63, 3.8) is 0 Å². The number of hydrogen-bond acceptors (Lipinski definition) is 1. The van der Waals surface area contributed by atoms with Gasteiger partial charge in [-0.3, -0.25) is 0 Å². The molecule has 3 heteroatoms. The van der Waals surface area contributed by atoms with E-state index in [-0.39, 0.29) is 6.42 Å². The standard InChI is InChI=1S/C12H21FO2/c1-2-3-4-5-6-7-8-9-10-11(13)12(14)15/h8-9,11H,2-7,10H2,1H3,(H,14,15). The molecular weight excluding hydrogens is 195 g/mol. The van der Waals surface area contributed by atoms with E-state index in [2.05, 4.69) is 6.92 Å². The predicted octanol–water partition coefficient (Wildman–Crippen LogP) is 3.72. The minimum absolute atomic E-state index is 0.00963. The van der Waals surface area contributed by atoms with Crippen LogP contribution in [0.15, 0.2) is 12.2 Å². The summed E-state index contributed by atoms with van der Waals surface area (Å²) in [7, 11) is 0. The lowest BCUT2D eigenvalue weighted by molar-refractivity contribution is -0.142. The molecule has 0 aliphatic carbocycles. The van der Waals surface area contributed by atoms with Crippen LogP contribution in [-0.4, -0.2) is 17.2 Å². The topological polar surface area (TPSA) is 37.3 Å². The lowest BCUT2D eigenvalue weighted by Crippen LogP contribution is -2.12. The van der Waals surface area contributed by atoms with E-state index in [0.717, 1.165) is 12.8 Å². The second-order valence-electron chi connectivity index (χ2n) is 3.72. The van der Waals surface area contributed by atoms with Crippen molar-refractivity contribution in [3.05, 3.63) is 12.2 Å². The van der Waals surface area contributed by atoms with Gasteiger partial charge in [0.15, 0.2) is 0 Å². The van der Waals surface area contributed by atoms with Crippen molar-refractivity contribution in [2.24, 2.45) is 0 Å². The Bertz CT molecular complexity index is 190. The van der Waals surface area contributed by atoms with Crippen LogP contribution in [0.4, 0.5) is 4.39 Å². The molecule has 0 heterocycles. The predicted molar refractivity (Wildman–Crippen MR) is 59.7 cm³/mol. The number of unbranched alkanes of at least 4 members (excludes halogenated alkanes) is 5. The highest BCUT2D eigenvalue weighted by atomic mass is 19.1. The first-order valence-electron chi connectivity index (χ1n) is 5.70. The maximum absolute atomic E-state index is 12.6. The van der Waals surface area contributed by atoms with Gasteiger partial charge in [-0.15, -0.1) is 0 Å². The van der Waals surface area contributed by atoms with Crippen LogP contribution in [0.3, 0.4) is 0 Å². The highest BCUT2D eigenvalue weighted by Gasteiger charge is 2.12. The molecule has 0 aromatic rings. The number of carbonyl (C=O) groups is 1. The normalized spacial score (nSPS) is 13.2. The van der Waals surface area contributed by atoms with Crippen molar-refractivity contribution in [1.82, 2.24) is 0 Å². The van der Waals surface area contributed by atoms with Crippen molar-refractivity contribution in [2.75, 3.05) is 0 Å². The monoisotopic (exact) mass is 216 g/mol. The Kier molecular flexibility index (Phi) is 9.13. The summed E-state index contributed by atoms with van der Waals surface area (Å²) >= 11 is 0. The van der Waals surface area contributed by atoms with Gasteiger partial charge in [-0.1, -0.05) is 44.8 Å². The summed E-state index contributed by atoms with van der Waals surface area (Å²) in [5.74, 6) is -1.37. The molecule has 88 valence electrons. The van der Waals surface area contributed by atoms with E-state index in [1.807, 2.05) is 6.08 Å². The van der Waals surface area contributed by atoms with E-state index in [4.69, 9.17) is 5.11 Å². The van der Waals surface area contributed by atoms with Gasteiger partial charge in [-0.2, -0.15) is 0 Å². The van der Waals surface area contributed by atoms with Crippen molar-refractivity contribution in [2.45, 2.75) is 58.0 Å². The summed E-state index contributed by atoms with van der Waals surface area (Å²) in [5, 5.41) is 8.27. The van der Waals surface area contributed by atoms with E-state index in [9.17, 15) is 9.18 Å². The van der Waals surface area contributed by atoms with Crippen LogP contribution in [0, 0.1) is 0 Å². The van der Waals surface area contributed by atoms with Gasteiger partial charge in [-0.25, -0.2) is 9.18 Å². The Balaban J connectivity index is 3.28. The Morgan fingerprint density at radius 2 is 1.93 bits per heavy atom. The average molecular weight is 216 g/mol. The fourth-order valence-corrected chi connectivity index (χ4v) is 1.30. The second kappa shape index (κ2) is 9.69. The smallest absolute Gasteiger partial charge is 0.338 e. The molecule has 0 radical (unpaired) electrons. The Labute approximate surface area is 91.2 Å². The van der Waals surface area contributed by atoms with Crippen LogP contribution < -0.4 is 0 Å². The molecule has 0 aromatic heterocycles. The summed E-state index contributed by atoms with van der Waals surface area (Å²) in [4.78, 5) is 10.1. The number of hydrogen-bond donors (Lipinski definition) is 1. The maximum Gasteiger partial charge on any atom is 0.338 e. The fraction of sp³-hybridized carbons (Fsp3) is 0.750. The van der Waals surface area contributed by atoms with Gasteiger partial charge in [-0.05, 0) is 12.8 Å². The molecule has 2 nitrogen and oxygen atoms in total. The molecule has 0 spiro atoms. The van der Waals surface area contributed by atoms with Crippen LogP contribution in [-0.2, 0) is 4.79 Å². The largest absolute Gasteiger partial charge is 0.479 e. The van der Waals surface area contributed by atoms with Crippen molar-refractivity contribution < 1.29 is 14.3 Å². The molecule has 0 bridgehead atoms. The number of allylic oxidation sites excluding steroid dienone is 2. The highest BCUT2D eigenvalue weighted by molar-refractivity contribution is 5.72. The zero-order chi connectivity index (χ0) is 11.5. The van der Waals surface area contributed by atoms with E-state index in [0.29, 0.717) is 0 Å². The third-order valence-electron chi connectivity index (χ3n) is 2.25. The number of carboxylic acid groups (broad SMARTS) is 1. The molecule has 0 amide bonds. The molecular formula is C12H21FO2. The molecule has 15 heavy (non-hydrogen) atoms. The molecule has 1 unspecified atom stereocenters. The summed E-state index contributed by atoms with van der Waals surface area (Å²) in [6, 6.07) is 0. The Hall–Kier alpha value is -0.860. The van der Waals surface area contributed by atoms with E-state index in [1.165, 1.54) is 25.7 Å². The van der Waals surface area contributed by atoms with Crippen LogP contribution in [0.25, 0.3) is 0 Å². The number of alkyl halides is 1. The van der Waals surface area contributed by atoms with Gasteiger partial charge in [0.05, 0.1) is 0 Å². The third kappa shape index (κ3) is 9.44. The van der Waals surface area contributed by atoms with E-state index >= 15 is 0 Å². The van der Waals surface area contributed by atoms with Gasteiger partial charge >= 0.3 is 5.97 Å². The van der Waals surface area contributed by atoms with Crippen LogP contribution >= 0.6 is 0 Å². The van der Waals surface area contributed by atoms with Crippen LogP contribution in [0.5, 0.6) is 0 Å². The van der Waals surface area contributed by atoms with Crippen LogP contribution in [0.2, 0.25) is 0 Å². The lowest BCUT2D eigenvalue weighted by atomic mass is 10.1. The zero-order valence-electron chi connectivity index (χ0n) is 9.42. The minimum Gasteiger partial charge on any atom is -0.479 e. The molecule has 0 aromatic carbocycles. The first-order chi connectivity index (χ1) is 7.18. The van der Waals surface area contributed by atoms with Gasteiger partial charge in [0.2, 0.25) is 6.17 Å². The summed E-state index contributed by atoms with van der Waals surface area (Å²) < 4.78 is 12.6. The second-order valence-corrected chi connectivity index (χ2v) is 3.72. The summed E-state index contributed by atoms with van der Waals surface area (Å²) in [6.45, 7) is 2.17. The van der Waals surface area contributed by atoms with Gasteiger partial charge < -0.3 is 5.11 Å². The van der Waals surface area contributed by atoms with Crippen molar-refractivity contribution >= 4 is 5.97 Å². The molecule has 0 saturated heterocycles. The Morgan fingerprint density at radius 1 is 1.27 bits per heavy atom. The SMILES string of the molecule is CCCCCCCC=CCC(F)C(=O)O. The highest BCUT2D eigenvalue weighted by Crippen LogP contribution is 2.06. The fourth-order valence-electron chi connectivity index (χ4n) is 1.30. The van der Waals surface area contributed by atoms with Crippen molar-refractivity contribution in [3.8, 4) is 0 Å². The summed E-state index contributed by atoms with van der Waals surface area (Å²) in [6.07, 6.45) is 8.75. The van der Waals surface area contributed by atoms with Crippen molar-refractivity contribution in [1.29, 1.82) is 0 Å². The van der Waals surface area contributed by atoms with Gasteiger partial charge in [0, 0.05) is 6.42 Å². The average Bonchev–Trinajstić information content (AvgIpc) is 2.21. The molecule has 0 fully saturated rings. The molecule has 0 aliphatic heterocycles. The molecule has 1 N–H and O–H groups in total. The van der Waals surface area contributed by atoms with Crippen LogP contribution in [0.1, 0.15) is 51.9 Å². The third-order valence-corrected chi connectivity index (χ3v) is 2.25. The van der Waals surface area contributed by atoms with E-state index in [1.54, 1.807) is 6.08 Å². The number of aliphatic carboxylic acids is 1. The molecule has 1 atom stereocenters.